The molecule has 1 heterocycles. The Bertz CT molecular complexity index is 469. The topological polar surface area (TPSA) is 91.8 Å². The van der Waals surface area contributed by atoms with E-state index in [9.17, 15) is 18.0 Å². The van der Waals surface area contributed by atoms with Gasteiger partial charge in [0.2, 0.25) is 0 Å². The summed E-state index contributed by atoms with van der Waals surface area (Å²) in [7, 11) is -3.52. The van der Waals surface area contributed by atoms with Gasteiger partial charge >= 0.3 is 5.97 Å². The largest absolute Gasteiger partial charge is 0.481 e. The molecule has 0 aromatic rings. The molecule has 1 aliphatic rings. The summed E-state index contributed by atoms with van der Waals surface area (Å²) >= 11 is 0. The van der Waals surface area contributed by atoms with Gasteiger partial charge in [-0.05, 0) is 32.6 Å². The molecule has 1 N–H and O–H groups in total. The highest BCUT2D eigenvalue weighted by molar-refractivity contribution is 7.94. The fourth-order valence-electron chi connectivity index (χ4n) is 2.16. The first-order chi connectivity index (χ1) is 8.64. The molecule has 0 radical (unpaired) electrons. The second-order valence-electron chi connectivity index (χ2n) is 5.39. The standard InChI is InChI=1S/C12H21NO5S/c1-4-9(5-6-10(14)15)7-8-13-11(16)12(2,3)19(13,17)18/h9H,4-8H2,1-3H3,(H,14,15). The average Bonchev–Trinajstić information content (AvgIpc) is 2.32. The Morgan fingerprint density at radius 2 is 1.95 bits per heavy atom. The Labute approximate surface area is 113 Å². The van der Waals surface area contributed by atoms with E-state index < -0.39 is 20.7 Å². The summed E-state index contributed by atoms with van der Waals surface area (Å²) in [5.74, 6) is -1.10. The summed E-state index contributed by atoms with van der Waals surface area (Å²) in [6, 6.07) is 0. The summed E-state index contributed by atoms with van der Waals surface area (Å²) < 4.78 is 23.3. The normalized spacial score (nSPS) is 21.8. The molecule has 6 nitrogen and oxygen atoms in total. The second kappa shape index (κ2) is 5.48. The molecule has 1 aliphatic heterocycles. The maximum atomic E-state index is 11.9. The molecule has 0 aromatic heterocycles. The van der Waals surface area contributed by atoms with Crippen molar-refractivity contribution in [1.29, 1.82) is 0 Å². The Hall–Kier alpha value is -1.11. The van der Waals surface area contributed by atoms with Crippen molar-refractivity contribution in [2.24, 2.45) is 5.92 Å². The van der Waals surface area contributed by atoms with Crippen molar-refractivity contribution in [1.82, 2.24) is 4.31 Å². The van der Waals surface area contributed by atoms with Crippen molar-refractivity contribution in [3.8, 4) is 0 Å². The monoisotopic (exact) mass is 291 g/mol. The first kappa shape index (κ1) is 15.9. The van der Waals surface area contributed by atoms with E-state index in [0.717, 1.165) is 10.7 Å². The summed E-state index contributed by atoms with van der Waals surface area (Å²) in [4.78, 5) is 22.2. The van der Waals surface area contributed by atoms with Crippen molar-refractivity contribution >= 4 is 21.9 Å². The third-order valence-electron chi connectivity index (χ3n) is 3.76. The smallest absolute Gasteiger partial charge is 0.303 e. The number of aliphatic carboxylic acids is 1. The zero-order chi connectivity index (χ0) is 14.8. The summed E-state index contributed by atoms with van der Waals surface area (Å²) in [6.45, 7) is 4.90. The van der Waals surface area contributed by atoms with E-state index in [-0.39, 0.29) is 24.8 Å². The van der Waals surface area contributed by atoms with Crippen LogP contribution >= 0.6 is 0 Å². The number of carboxylic acid groups (broad SMARTS) is 1. The minimum Gasteiger partial charge on any atom is -0.481 e. The Balaban J connectivity index is 2.53. The molecule has 1 atom stereocenters. The van der Waals surface area contributed by atoms with Gasteiger partial charge < -0.3 is 5.11 Å². The Morgan fingerprint density at radius 3 is 2.37 bits per heavy atom. The van der Waals surface area contributed by atoms with Gasteiger partial charge in [0.15, 0.2) is 4.75 Å². The van der Waals surface area contributed by atoms with Gasteiger partial charge in [0, 0.05) is 13.0 Å². The summed E-state index contributed by atoms with van der Waals surface area (Å²) in [5, 5.41) is 8.63. The lowest BCUT2D eigenvalue weighted by Crippen LogP contribution is -2.67. The number of hydrogen-bond acceptors (Lipinski definition) is 4. The van der Waals surface area contributed by atoms with Crippen LogP contribution in [0.25, 0.3) is 0 Å². The van der Waals surface area contributed by atoms with Gasteiger partial charge in [-0.1, -0.05) is 13.3 Å². The number of rotatable bonds is 7. The summed E-state index contributed by atoms with van der Waals surface area (Å²) in [6.07, 6.45) is 1.88. The van der Waals surface area contributed by atoms with Crippen molar-refractivity contribution in [2.45, 2.75) is 51.2 Å². The highest BCUT2D eigenvalue weighted by Gasteiger charge is 2.59. The van der Waals surface area contributed by atoms with Crippen LogP contribution in [0.4, 0.5) is 0 Å². The SMILES string of the molecule is CCC(CCC(=O)O)CCN1C(=O)C(C)(C)S1(=O)=O. The van der Waals surface area contributed by atoms with Gasteiger partial charge in [-0.15, -0.1) is 0 Å². The van der Waals surface area contributed by atoms with Crippen LogP contribution in [-0.2, 0) is 19.6 Å². The van der Waals surface area contributed by atoms with Gasteiger partial charge in [0.25, 0.3) is 15.9 Å². The van der Waals surface area contributed by atoms with Crippen LogP contribution < -0.4 is 0 Å². The molecule has 0 saturated carbocycles. The molecule has 1 saturated heterocycles. The van der Waals surface area contributed by atoms with Gasteiger partial charge in [-0.3, -0.25) is 9.59 Å². The second-order valence-corrected chi connectivity index (χ2v) is 7.80. The number of amides is 1. The Kier molecular flexibility index (Phi) is 4.60. The van der Waals surface area contributed by atoms with Gasteiger partial charge in [-0.2, -0.15) is 0 Å². The molecular weight excluding hydrogens is 270 g/mol. The first-order valence-electron chi connectivity index (χ1n) is 6.43. The van der Waals surface area contributed by atoms with E-state index in [1.807, 2.05) is 6.92 Å². The molecule has 0 aliphatic carbocycles. The van der Waals surface area contributed by atoms with Crippen LogP contribution in [0.3, 0.4) is 0 Å². The predicted octanol–water partition coefficient (Wildman–Crippen LogP) is 1.22. The van der Waals surface area contributed by atoms with E-state index >= 15 is 0 Å². The van der Waals surface area contributed by atoms with Crippen LogP contribution in [0.2, 0.25) is 0 Å². The third-order valence-corrected chi connectivity index (χ3v) is 6.15. The lowest BCUT2D eigenvalue weighted by atomic mass is 9.96. The van der Waals surface area contributed by atoms with E-state index in [1.54, 1.807) is 0 Å². The lowest BCUT2D eigenvalue weighted by molar-refractivity contribution is -0.137. The van der Waals surface area contributed by atoms with Crippen LogP contribution in [0.1, 0.15) is 46.5 Å². The molecule has 19 heavy (non-hydrogen) atoms. The molecule has 0 bridgehead atoms. The van der Waals surface area contributed by atoms with Crippen LogP contribution in [-0.4, -0.2) is 41.0 Å². The van der Waals surface area contributed by atoms with E-state index in [2.05, 4.69) is 0 Å². The molecule has 7 heteroatoms. The molecule has 1 unspecified atom stereocenters. The zero-order valence-electron chi connectivity index (χ0n) is 11.5. The van der Waals surface area contributed by atoms with Gasteiger partial charge in [0.1, 0.15) is 0 Å². The van der Waals surface area contributed by atoms with E-state index in [1.165, 1.54) is 13.8 Å². The van der Waals surface area contributed by atoms with Crippen molar-refractivity contribution < 1.29 is 23.1 Å². The average molecular weight is 291 g/mol. The van der Waals surface area contributed by atoms with Crippen molar-refractivity contribution in [2.75, 3.05) is 6.54 Å². The highest BCUT2D eigenvalue weighted by Crippen LogP contribution is 2.35. The maximum absolute atomic E-state index is 11.9. The molecular formula is C12H21NO5S. The third kappa shape index (κ3) is 2.91. The van der Waals surface area contributed by atoms with Gasteiger partial charge in [-0.25, -0.2) is 12.7 Å². The number of nitrogens with zero attached hydrogens (tertiary/aromatic N) is 1. The van der Waals surface area contributed by atoms with Crippen molar-refractivity contribution in [3.63, 3.8) is 0 Å². The lowest BCUT2D eigenvalue weighted by Gasteiger charge is -2.43. The Morgan fingerprint density at radius 1 is 1.37 bits per heavy atom. The number of carbonyl (C=O) groups is 2. The molecule has 0 aromatic carbocycles. The van der Waals surface area contributed by atoms with E-state index in [4.69, 9.17) is 5.11 Å². The predicted molar refractivity (Wildman–Crippen MR) is 70.0 cm³/mol. The summed E-state index contributed by atoms with van der Waals surface area (Å²) in [5.41, 5.74) is 0. The van der Waals surface area contributed by atoms with Crippen LogP contribution in [0.15, 0.2) is 0 Å². The number of carbonyl (C=O) groups excluding carboxylic acids is 1. The van der Waals surface area contributed by atoms with Crippen LogP contribution in [0, 0.1) is 5.92 Å². The molecule has 0 spiro atoms. The minimum absolute atomic E-state index is 0.0741. The van der Waals surface area contributed by atoms with Crippen molar-refractivity contribution in [3.05, 3.63) is 0 Å². The number of hydrogen-bond donors (Lipinski definition) is 1. The minimum atomic E-state index is -3.52. The van der Waals surface area contributed by atoms with E-state index in [0.29, 0.717) is 12.8 Å². The zero-order valence-corrected chi connectivity index (χ0v) is 12.4. The quantitative estimate of drug-likeness (QED) is 0.761. The molecule has 1 fully saturated rings. The number of sulfonamides is 1. The van der Waals surface area contributed by atoms with Gasteiger partial charge in [0.05, 0.1) is 0 Å². The van der Waals surface area contributed by atoms with Crippen LogP contribution in [0.5, 0.6) is 0 Å². The molecule has 110 valence electrons. The fraction of sp³-hybridized carbons (Fsp3) is 0.833. The number of carboxylic acids is 1. The highest BCUT2D eigenvalue weighted by atomic mass is 32.2. The molecule has 1 amide bonds. The molecule has 1 rings (SSSR count). The maximum Gasteiger partial charge on any atom is 0.303 e. The fourth-order valence-corrected chi connectivity index (χ4v) is 3.70. The first-order valence-corrected chi connectivity index (χ1v) is 7.87.